The molecule has 0 fully saturated rings. The number of alkyl halides is 6. The minimum atomic E-state index is -6.09. The molecule has 24 heteroatoms. The van der Waals surface area contributed by atoms with Gasteiger partial charge in [0.1, 0.15) is 0 Å². The van der Waals surface area contributed by atoms with Crippen molar-refractivity contribution in [1.82, 2.24) is 19.9 Å². The van der Waals surface area contributed by atoms with Crippen LogP contribution in [0.15, 0.2) is 98.1 Å². The molecule has 0 radical (unpaired) electrons. The van der Waals surface area contributed by atoms with Gasteiger partial charge < -0.3 is 32.0 Å². The largest absolute Gasteiger partial charge is 1.00 e. The predicted molar refractivity (Wildman–Crippen MR) is 146 cm³/mol. The number of nitrogens with zero attached hydrogens (tertiary/aromatic N) is 4. The van der Waals surface area contributed by atoms with Crippen molar-refractivity contribution >= 4 is 43.0 Å². The van der Waals surface area contributed by atoms with E-state index in [1.54, 1.807) is 98.1 Å². The minimum absolute atomic E-state index is 0. The topological polar surface area (TPSA) is 270 Å². The fourth-order valence-corrected chi connectivity index (χ4v) is 1.45. The van der Waals surface area contributed by atoms with E-state index in [9.17, 15) is 26.3 Å². The Hall–Kier alpha value is -3.32. The standard InChI is InChI=1S/4C5H6N2.2CHF3O3S.2Ag/c4*6-5-1-3-7-4-2-5;2*2-1(3,4)8(5,6)7;;/h4*1-4H,(H2,6,7);2*(H,5,6,7);;/q;;;;;;2*+1/p-2. The molecule has 0 atom stereocenters. The molecule has 4 heterocycles. The molecule has 8 N–H and O–H groups in total. The van der Waals surface area contributed by atoms with Gasteiger partial charge in [-0.05, 0) is 48.5 Å². The molecular formula is C22H24Ag2F6N8O6S2. The quantitative estimate of drug-likeness (QED) is 0.0856. The first-order valence-electron chi connectivity index (χ1n) is 10.7. The summed E-state index contributed by atoms with van der Waals surface area (Å²) in [6, 6.07) is 14.0. The van der Waals surface area contributed by atoms with Crippen molar-refractivity contribution < 1.29 is 97.0 Å². The number of nitrogens with two attached hydrogens (primary N) is 4. The molecule has 4 rings (SSSR count). The Morgan fingerprint density at radius 2 is 0.543 bits per heavy atom. The molecule has 4 aromatic heterocycles. The Kier molecular flexibility index (Phi) is 26.8. The molecule has 14 nitrogen and oxygen atoms in total. The van der Waals surface area contributed by atoms with Crippen LogP contribution in [0.5, 0.6) is 0 Å². The van der Waals surface area contributed by atoms with Gasteiger partial charge in [-0.3, -0.25) is 19.9 Å². The van der Waals surface area contributed by atoms with Gasteiger partial charge in [0.2, 0.25) is 0 Å². The van der Waals surface area contributed by atoms with Crippen molar-refractivity contribution in [2.75, 3.05) is 22.9 Å². The van der Waals surface area contributed by atoms with Gasteiger partial charge in [0, 0.05) is 72.3 Å². The maximum atomic E-state index is 10.7. The zero-order valence-corrected chi connectivity index (χ0v) is 27.1. The van der Waals surface area contributed by atoms with Crippen molar-refractivity contribution in [3.63, 3.8) is 0 Å². The average molecular weight is 890 g/mol. The summed E-state index contributed by atoms with van der Waals surface area (Å²) in [4.78, 5) is 15.1. The first-order valence-corrected chi connectivity index (χ1v) is 13.6. The van der Waals surface area contributed by atoms with Crippen LogP contribution in [0.3, 0.4) is 0 Å². The second-order valence-electron chi connectivity index (χ2n) is 6.92. The Labute approximate surface area is 290 Å². The molecule has 0 aliphatic carbocycles. The van der Waals surface area contributed by atoms with Crippen LogP contribution in [0.25, 0.3) is 0 Å². The maximum absolute atomic E-state index is 10.7. The first kappa shape index (κ1) is 49.6. The Morgan fingerprint density at radius 3 is 0.587 bits per heavy atom. The van der Waals surface area contributed by atoms with Gasteiger partial charge in [-0.25, -0.2) is 16.8 Å². The molecule has 0 aromatic carbocycles. The summed E-state index contributed by atoms with van der Waals surface area (Å²) < 4.78 is 118. The summed E-state index contributed by atoms with van der Waals surface area (Å²) in [5, 5.41) is 0. The summed E-state index contributed by atoms with van der Waals surface area (Å²) in [7, 11) is -12.2. The van der Waals surface area contributed by atoms with Crippen LogP contribution in [0.1, 0.15) is 0 Å². The maximum Gasteiger partial charge on any atom is 1.00 e. The molecule has 46 heavy (non-hydrogen) atoms. The van der Waals surface area contributed by atoms with E-state index >= 15 is 0 Å². The van der Waals surface area contributed by atoms with E-state index in [0.29, 0.717) is 0 Å². The fraction of sp³-hybridized carbons (Fsp3) is 0.0909. The van der Waals surface area contributed by atoms with Crippen LogP contribution in [-0.4, -0.2) is 56.9 Å². The Balaban J connectivity index is -0.000000228. The number of pyridine rings is 4. The molecular weight excluding hydrogens is 866 g/mol. The number of hydrogen-bond donors (Lipinski definition) is 4. The number of aromatic nitrogens is 4. The van der Waals surface area contributed by atoms with Crippen molar-refractivity contribution in [2.45, 2.75) is 11.0 Å². The second-order valence-corrected chi connectivity index (χ2v) is 9.66. The van der Waals surface area contributed by atoms with Crippen LogP contribution in [0.4, 0.5) is 49.1 Å². The molecule has 4 aromatic rings. The third-order valence-corrected chi connectivity index (χ3v) is 4.53. The van der Waals surface area contributed by atoms with Crippen molar-refractivity contribution in [3.05, 3.63) is 98.1 Å². The summed E-state index contributed by atoms with van der Waals surface area (Å²) >= 11 is 0. The van der Waals surface area contributed by atoms with Gasteiger partial charge in [0.25, 0.3) is 0 Å². The van der Waals surface area contributed by atoms with Crippen molar-refractivity contribution in [2.24, 2.45) is 0 Å². The van der Waals surface area contributed by atoms with Crippen LogP contribution < -0.4 is 22.9 Å². The number of rotatable bonds is 0. The molecule has 0 spiro atoms. The summed E-state index contributed by atoms with van der Waals surface area (Å²) in [5.41, 5.74) is 13.0. The van der Waals surface area contributed by atoms with Crippen molar-refractivity contribution in [1.29, 1.82) is 0 Å². The minimum Gasteiger partial charge on any atom is -0.741 e. The zero-order chi connectivity index (χ0) is 34.5. The van der Waals surface area contributed by atoms with E-state index in [1.807, 2.05) is 0 Å². The van der Waals surface area contributed by atoms with Gasteiger partial charge in [-0.1, -0.05) is 0 Å². The number of halogens is 6. The molecule has 0 saturated carbocycles. The van der Waals surface area contributed by atoms with Gasteiger partial charge in [-0.15, -0.1) is 0 Å². The summed E-state index contributed by atoms with van der Waals surface area (Å²) in [6.45, 7) is 0. The van der Waals surface area contributed by atoms with Crippen molar-refractivity contribution in [3.8, 4) is 0 Å². The molecule has 0 bridgehead atoms. The average Bonchev–Trinajstić information content (AvgIpc) is 2.90. The smallest absolute Gasteiger partial charge is 0.741 e. The molecule has 0 saturated heterocycles. The van der Waals surface area contributed by atoms with Gasteiger partial charge >= 0.3 is 55.8 Å². The molecule has 0 amide bonds. The van der Waals surface area contributed by atoms with E-state index in [1.165, 1.54) is 0 Å². The number of anilines is 4. The van der Waals surface area contributed by atoms with Crippen LogP contribution in [-0.2, 0) is 65.0 Å². The summed E-state index contributed by atoms with van der Waals surface area (Å²) in [6.07, 6.45) is 13.3. The van der Waals surface area contributed by atoms with Gasteiger partial charge in [0.15, 0.2) is 20.2 Å². The fourth-order valence-electron chi connectivity index (χ4n) is 1.45. The molecule has 0 aliphatic rings. The van der Waals surface area contributed by atoms with Gasteiger partial charge in [-0.2, -0.15) is 26.3 Å². The number of nitrogen functional groups attached to an aromatic ring is 4. The third kappa shape index (κ3) is 29.4. The van der Waals surface area contributed by atoms with E-state index in [2.05, 4.69) is 19.9 Å². The third-order valence-electron chi connectivity index (χ3n) is 3.39. The molecule has 0 unspecified atom stereocenters. The first-order chi connectivity index (χ1) is 20.1. The normalized spacial score (nSPS) is 10.1. The van der Waals surface area contributed by atoms with Gasteiger partial charge in [0.05, 0.1) is 0 Å². The Morgan fingerprint density at radius 1 is 0.435 bits per heavy atom. The predicted octanol–water partition coefficient (Wildman–Crippen LogP) is 2.75. The van der Waals surface area contributed by atoms with Crippen LogP contribution in [0.2, 0.25) is 0 Å². The monoisotopic (exact) mass is 888 g/mol. The number of hydrogen-bond acceptors (Lipinski definition) is 14. The van der Waals surface area contributed by atoms with E-state index < -0.39 is 31.3 Å². The van der Waals surface area contributed by atoms with E-state index in [-0.39, 0.29) is 44.8 Å². The van der Waals surface area contributed by atoms with E-state index in [4.69, 9.17) is 48.9 Å². The zero-order valence-electron chi connectivity index (χ0n) is 22.5. The molecule has 0 aliphatic heterocycles. The Bertz CT molecular complexity index is 1330. The SMILES string of the molecule is Nc1ccncc1.Nc1ccncc1.Nc1ccncc1.Nc1ccncc1.O=S(=O)([O-])C(F)(F)F.O=S(=O)([O-])C(F)(F)F.[Ag+].[Ag+]. The van der Waals surface area contributed by atoms with Crippen LogP contribution >= 0.6 is 0 Å². The second kappa shape index (κ2) is 24.9. The van der Waals surface area contributed by atoms with Crippen LogP contribution in [0, 0.1) is 0 Å². The summed E-state index contributed by atoms with van der Waals surface area (Å²) in [5.74, 6) is 0. The van der Waals surface area contributed by atoms with E-state index in [0.717, 1.165) is 22.7 Å². The molecule has 264 valence electrons.